The SMILES string of the molecule is Nc1nc(N2CCC3NC(=O)CCC3C2)c(Cl)cc1Cl. The van der Waals surface area contributed by atoms with E-state index in [0.717, 1.165) is 25.9 Å². The summed E-state index contributed by atoms with van der Waals surface area (Å²) in [6.07, 6.45) is 2.41. The fourth-order valence-electron chi connectivity index (χ4n) is 2.99. The van der Waals surface area contributed by atoms with Crippen LogP contribution in [0.25, 0.3) is 0 Å². The van der Waals surface area contributed by atoms with Crippen molar-refractivity contribution in [3.63, 3.8) is 0 Å². The molecular formula is C13H16Cl2N4O. The standard InChI is InChI=1S/C13H16Cl2N4O/c14-8-5-9(15)13(18-12(8)16)19-4-3-10-7(6-19)1-2-11(20)17-10/h5,7,10H,1-4,6H2,(H2,16,18)(H,17,20). The van der Waals surface area contributed by atoms with Crippen molar-refractivity contribution in [2.45, 2.75) is 25.3 Å². The highest BCUT2D eigenvalue weighted by Gasteiger charge is 2.34. The second-order valence-electron chi connectivity index (χ2n) is 5.37. The lowest BCUT2D eigenvalue weighted by molar-refractivity contribution is -0.124. The summed E-state index contributed by atoms with van der Waals surface area (Å²) in [6, 6.07) is 1.91. The van der Waals surface area contributed by atoms with Crippen LogP contribution in [0, 0.1) is 5.92 Å². The second-order valence-corrected chi connectivity index (χ2v) is 6.18. The molecule has 2 aliphatic rings. The van der Waals surface area contributed by atoms with Crippen molar-refractivity contribution >= 4 is 40.7 Å². The monoisotopic (exact) mass is 314 g/mol. The van der Waals surface area contributed by atoms with Crippen molar-refractivity contribution in [1.82, 2.24) is 10.3 Å². The maximum atomic E-state index is 11.4. The number of aromatic nitrogens is 1. The normalized spacial score (nSPS) is 26.1. The largest absolute Gasteiger partial charge is 0.382 e. The van der Waals surface area contributed by atoms with Crippen LogP contribution in [0.3, 0.4) is 0 Å². The Morgan fingerprint density at radius 2 is 2.15 bits per heavy atom. The zero-order chi connectivity index (χ0) is 14.3. The van der Waals surface area contributed by atoms with Crippen LogP contribution in [0.5, 0.6) is 0 Å². The fourth-order valence-corrected chi connectivity index (χ4v) is 3.47. The van der Waals surface area contributed by atoms with E-state index in [4.69, 9.17) is 28.9 Å². The van der Waals surface area contributed by atoms with Gasteiger partial charge in [0.2, 0.25) is 5.91 Å². The number of hydrogen-bond donors (Lipinski definition) is 2. The van der Waals surface area contributed by atoms with Gasteiger partial charge in [0.1, 0.15) is 11.6 Å². The van der Waals surface area contributed by atoms with E-state index in [9.17, 15) is 4.79 Å². The molecule has 2 fully saturated rings. The number of fused-ring (bicyclic) bond motifs is 1. The van der Waals surface area contributed by atoms with Gasteiger partial charge in [0.15, 0.2) is 0 Å². The summed E-state index contributed by atoms with van der Waals surface area (Å²) >= 11 is 12.1. The maximum Gasteiger partial charge on any atom is 0.220 e. The number of nitrogens with two attached hydrogens (primary N) is 1. The number of nitrogens with one attached hydrogen (secondary N) is 1. The number of nitrogens with zero attached hydrogens (tertiary/aromatic N) is 2. The Hall–Kier alpha value is -1.20. The van der Waals surface area contributed by atoms with Gasteiger partial charge in [0.05, 0.1) is 10.0 Å². The Balaban J connectivity index is 1.80. The minimum Gasteiger partial charge on any atom is -0.382 e. The third kappa shape index (κ3) is 2.52. The number of hydrogen-bond acceptors (Lipinski definition) is 4. The smallest absolute Gasteiger partial charge is 0.220 e. The molecule has 3 rings (SSSR count). The summed E-state index contributed by atoms with van der Waals surface area (Å²) in [5, 5.41) is 3.95. The topological polar surface area (TPSA) is 71.2 Å². The zero-order valence-electron chi connectivity index (χ0n) is 10.9. The van der Waals surface area contributed by atoms with Crippen LogP contribution in [0.15, 0.2) is 6.07 Å². The highest BCUT2D eigenvalue weighted by atomic mass is 35.5. The van der Waals surface area contributed by atoms with E-state index >= 15 is 0 Å². The van der Waals surface area contributed by atoms with E-state index in [2.05, 4.69) is 15.2 Å². The van der Waals surface area contributed by atoms with Crippen molar-refractivity contribution in [2.75, 3.05) is 23.7 Å². The van der Waals surface area contributed by atoms with E-state index in [0.29, 0.717) is 34.0 Å². The Morgan fingerprint density at radius 3 is 2.95 bits per heavy atom. The van der Waals surface area contributed by atoms with Gasteiger partial charge in [-0.05, 0) is 24.8 Å². The number of carbonyl (C=O) groups is 1. The molecule has 2 saturated heterocycles. The van der Waals surface area contributed by atoms with Crippen molar-refractivity contribution in [3.8, 4) is 0 Å². The van der Waals surface area contributed by atoms with Gasteiger partial charge in [0, 0.05) is 25.6 Å². The number of amides is 1. The Morgan fingerprint density at radius 1 is 1.35 bits per heavy atom. The number of halogens is 2. The lowest BCUT2D eigenvalue weighted by atomic mass is 9.85. The first-order valence-electron chi connectivity index (χ1n) is 6.70. The van der Waals surface area contributed by atoms with E-state index in [1.165, 1.54) is 0 Å². The fraction of sp³-hybridized carbons (Fsp3) is 0.538. The van der Waals surface area contributed by atoms with E-state index in [-0.39, 0.29) is 11.9 Å². The first kappa shape index (κ1) is 13.8. The number of piperidine rings is 2. The number of anilines is 2. The molecule has 108 valence electrons. The Labute approximate surface area is 127 Å². The summed E-state index contributed by atoms with van der Waals surface area (Å²) < 4.78 is 0. The molecule has 1 amide bonds. The van der Waals surface area contributed by atoms with Crippen molar-refractivity contribution in [2.24, 2.45) is 5.92 Å². The Bertz CT molecular complexity index is 551. The molecule has 0 aromatic carbocycles. The molecule has 20 heavy (non-hydrogen) atoms. The lowest BCUT2D eigenvalue weighted by Crippen LogP contribution is -2.54. The molecule has 0 bridgehead atoms. The quantitative estimate of drug-likeness (QED) is 0.832. The molecule has 2 unspecified atom stereocenters. The highest BCUT2D eigenvalue weighted by Crippen LogP contribution is 2.34. The van der Waals surface area contributed by atoms with E-state index in [1.807, 2.05) is 0 Å². The van der Waals surface area contributed by atoms with Crippen LogP contribution in [-0.4, -0.2) is 30.0 Å². The van der Waals surface area contributed by atoms with Gasteiger partial charge < -0.3 is 16.0 Å². The van der Waals surface area contributed by atoms with E-state index in [1.54, 1.807) is 6.07 Å². The van der Waals surface area contributed by atoms with Gasteiger partial charge in [-0.25, -0.2) is 4.98 Å². The summed E-state index contributed by atoms with van der Waals surface area (Å²) in [6.45, 7) is 1.63. The van der Waals surface area contributed by atoms with Crippen LogP contribution in [0.2, 0.25) is 10.0 Å². The molecule has 0 saturated carbocycles. The zero-order valence-corrected chi connectivity index (χ0v) is 12.4. The number of carbonyl (C=O) groups excluding carboxylic acids is 1. The number of nitrogen functional groups attached to an aromatic ring is 1. The molecule has 2 atom stereocenters. The van der Waals surface area contributed by atoms with Crippen LogP contribution < -0.4 is 16.0 Å². The molecule has 0 spiro atoms. The summed E-state index contributed by atoms with van der Waals surface area (Å²) in [7, 11) is 0. The molecular weight excluding hydrogens is 299 g/mol. The third-order valence-electron chi connectivity index (χ3n) is 4.06. The van der Waals surface area contributed by atoms with Crippen LogP contribution in [0.4, 0.5) is 11.6 Å². The predicted octanol–water partition coefficient (Wildman–Crippen LogP) is 2.08. The maximum absolute atomic E-state index is 11.4. The lowest BCUT2D eigenvalue weighted by Gasteiger charge is -2.42. The van der Waals surface area contributed by atoms with Crippen molar-refractivity contribution in [3.05, 3.63) is 16.1 Å². The van der Waals surface area contributed by atoms with Gasteiger partial charge in [-0.2, -0.15) is 0 Å². The summed E-state index contributed by atoms with van der Waals surface area (Å²) in [4.78, 5) is 17.8. The van der Waals surface area contributed by atoms with Crippen LogP contribution in [0.1, 0.15) is 19.3 Å². The number of pyridine rings is 1. The Kier molecular flexibility index (Phi) is 3.65. The van der Waals surface area contributed by atoms with E-state index < -0.39 is 0 Å². The van der Waals surface area contributed by atoms with Gasteiger partial charge >= 0.3 is 0 Å². The average Bonchev–Trinajstić information content (AvgIpc) is 2.42. The van der Waals surface area contributed by atoms with Gasteiger partial charge in [-0.1, -0.05) is 23.2 Å². The van der Waals surface area contributed by atoms with Crippen molar-refractivity contribution in [1.29, 1.82) is 0 Å². The van der Waals surface area contributed by atoms with Gasteiger partial charge in [0.25, 0.3) is 0 Å². The first-order chi connectivity index (χ1) is 9.54. The molecule has 3 N–H and O–H groups in total. The highest BCUT2D eigenvalue weighted by molar-refractivity contribution is 6.37. The molecule has 5 nitrogen and oxygen atoms in total. The molecule has 3 heterocycles. The second kappa shape index (κ2) is 5.30. The van der Waals surface area contributed by atoms with Gasteiger partial charge in [-0.15, -0.1) is 0 Å². The summed E-state index contributed by atoms with van der Waals surface area (Å²) in [5.74, 6) is 1.58. The summed E-state index contributed by atoms with van der Waals surface area (Å²) in [5.41, 5.74) is 5.76. The predicted molar refractivity (Wildman–Crippen MR) is 80.2 cm³/mol. The molecule has 1 aromatic heterocycles. The molecule has 2 aliphatic heterocycles. The van der Waals surface area contributed by atoms with Crippen LogP contribution in [-0.2, 0) is 4.79 Å². The minimum atomic E-state index is 0.159. The van der Waals surface area contributed by atoms with Crippen molar-refractivity contribution < 1.29 is 4.79 Å². The third-order valence-corrected chi connectivity index (χ3v) is 4.64. The number of rotatable bonds is 1. The first-order valence-corrected chi connectivity index (χ1v) is 7.46. The average molecular weight is 315 g/mol. The van der Waals surface area contributed by atoms with Gasteiger partial charge in [-0.3, -0.25) is 4.79 Å². The van der Waals surface area contributed by atoms with Crippen LogP contribution >= 0.6 is 23.2 Å². The molecule has 0 radical (unpaired) electrons. The molecule has 7 heteroatoms. The molecule has 1 aromatic rings. The molecule has 0 aliphatic carbocycles. The minimum absolute atomic E-state index is 0.159.